The van der Waals surface area contributed by atoms with Crippen LogP contribution in [0.2, 0.25) is 0 Å². The van der Waals surface area contributed by atoms with Crippen molar-refractivity contribution in [2.75, 3.05) is 10.7 Å². The molecule has 14 heteroatoms. The van der Waals surface area contributed by atoms with E-state index in [1.54, 1.807) is 11.1 Å². The minimum absolute atomic E-state index is 0.0524. The molecule has 1 aliphatic heterocycles. The highest BCUT2D eigenvalue weighted by Crippen LogP contribution is 2.31. The van der Waals surface area contributed by atoms with Crippen molar-refractivity contribution in [2.24, 2.45) is 10.1 Å². The zero-order valence-electron chi connectivity index (χ0n) is 23.6. The van der Waals surface area contributed by atoms with Gasteiger partial charge < -0.3 is 4.74 Å². The molecule has 5 rings (SSSR count). The molecule has 1 aliphatic rings. The number of aryl methyl sites for hydroxylation is 2. The average molecular weight is 638 g/mol. The topological polar surface area (TPSA) is 97.0 Å². The Morgan fingerprint density at radius 2 is 1.95 bits per heavy atom. The third-order valence-electron chi connectivity index (χ3n) is 6.31. The predicted molar refractivity (Wildman–Crippen MR) is 169 cm³/mol. The fraction of sp³-hybridized carbons (Fsp3) is 0.200. The van der Waals surface area contributed by atoms with Gasteiger partial charge in [0.25, 0.3) is 0 Å². The molecule has 0 unspecified atom stereocenters. The highest BCUT2D eigenvalue weighted by atomic mass is 32.2. The maximum Gasteiger partial charge on any atom is 0.573 e. The van der Waals surface area contributed by atoms with E-state index in [1.807, 2.05) is 49.4 Å². The second kappa shape index (κ2) is 13.4. The maximum absolute atomic E-state index is 12.8. The van der Waals surface area contributed by atoms with E-state index >= 15 is 0 Å². The number of rotatable bonds is 8. The Hall–Kier alpha value is -4.56. The van der Waals surface area contributed by atoms with Gasteiger partial charge >= 0.3 is 6.36 Å². The fourth-order valence-electron chi connectivity index (χ4n) is 4.40. The molecule has 1 fully saturated rings. The predicted octanol–water partition coefficient (Wildman–Crippen LogP) is 6.44. The molecule has 226 valence electrons. The van der Waals surface area contributed by atoms with E-state index in [9.17, 15) is 18.0 Å². The molecule has 1 saturated heterocycles. The number of ether oxygens (including phenoxy) is 1. The summed E-state index contributed by atoms with van der Waals surface area (Å²) in [6.45, 7) is 4.08. The molecule has 0 bridgehead atoms. The number of amidine groups is 1. The molecule has 0 atom stereocenters. The number of benzene rings is 3. The van der Waals surface area contributed by atoms with Crippen LogP contribution in [-0.4, -0.2) is 49.3 Å². The normalized spacial score (nSPS) is 14.5. The first-order valence-electron chi connectivity index (χ1n) is 13.4. The van der Waals surface area contributed by atoms with Crippen molar-refractivity contribution in [2.45, 2.75) is 33.1 Å². The van der Waals surface area contributed by atoms with Crippen molar-refractivity contribution in [3.63, 3.8) is 0 Å². The Morgan fingerprint density at radius 3 is 2.70 bits per heavy atom. The Balaban J connectivity index is 1.25. The Labute approximate surface area is 260 Å². The molecule has 1 N–H and O–H groups in total. The number of halogens is 3. The van der Waals surface area contributed by atoms with Crippen LogP contribution in [-0.2, 0) is 11.2 Å². The summed E-state index contributed by atoms with van der Waals surface area (Å²) < 4.78 is 42.6. The summed E-state index contributed by atoms with van der Waals surface area (Å²) in [6, 6.07) is 18.7. The molecule has 4 aromatic rings. The lowest BCUT2D eigenvalue weighted by Gasteiger charge is -2.20. The fourth-order valence-corrected chi connectivity index (χ4v) is 5.46. The number of thioether (sulfide) groups is 1. The molecule has 0 spiro atoms. The Kier molecular flexibility index (Phi) is 9.40. The molecule has 1 aromatic heterocycles. The van der Waals surface area contributed by atoms with Gasteiger partial charge in [-0.1, -0.05) is 55.4 Å². The number of nitrogens with one attached hydrogen (secondary N) is 1. The summed E-state index contributed by atoms with van der Waals surface area (Å²) in [4.78, 5) is 23.2. The van der Waals surface area contributed by atoms with Gasteiger partial charge in [-0.05, 0) is 78.7 Å². The lowest BCUT2D eigenvalue weighted by molar-refractivity contribution is -0.274. The van der Waals surface area contributed by atoms with Crippen LogP contribution in [0.1, 0.15) is 30.0 Å². The van der Waals surface area contributed by atoms with Crippen LogP contribution >= 0.6 is 24.0 Å². The van der Waals surface area contributed by atoms with Gasteiger partial charge in [-0.15, -0.1) is 18.3 Å². The van der Waals surface area contributed by atoms with Crippen molar-refractivity contribution in [3.05, 3.63) is 89.7 Å². The number of thiocarbonyl (C=S) groups is 1. The molecule has 2 heterocycles. The number of hydrogen-bond donors (Lipinski definition) is 1. The van der Waals surface area contributed by atoms with Gasteiger partial charge in [-0.3, -0.25) is 15.1 Å². The smallest absolute Gasteiger partial charge is 0.406 e. The monoisotopic (exact) mass is 637 g/mol. The number of aliphatic imine (C=N–C) groups is 1. The zero-order valence-corrected chi connectivity index (χ0v) is 25.2. The van der Waals surface area contributed by atoms with Gasteiger partial charge in [-0.2, -0.15) is 10.1 Å². The lowest BCUT2D eigenvalue weighted by Crippen LogP contribution is -2.31. The first-order valence-corrected chi connectivity index (χ1v) is 14.8. The summed E-state index contributed by atoms with van der Waals surface area (Å²) >= 11 is 6.72. The van der Waals surface area contributed by atoms with Gasteiger partial charge in [0.15, 0.2) is 11.0 Å². The second-order valence-electron chi connectivity index (χ2n) is 9.65. The van der Waals surface area contributed by atoms with E-state index in [-0.39, 0.29) is 22.5 Å². The summed E-state index contributed by atoms with van der Waals surface area (Å²) in [7, 11) is 0. The van der Waals surface area contributed by atoms with Crippen LogP contribution < -0.4 is 15.1 Å². The van der Waals surface area contributed by atoms with Crippen molar-refractivity contribution in [3.8, 4) is 22.8 Å². The molecular weight excluding hydrogens is 612 g/mol. The van der Waals surface area contributed by atoms with E-state index in [0.29, 0.717) is 22.2 Å². The van der Waals surface area contributed by atoms with Gasteiger partial charge in [0.1, 0.15) is 12.1 Å². The summed E-state index contributed by atoms with van der Waals surface area (Å²) in [5, 5.41) is 9.25. The van der Waals surface area contributed by atoms with Gasteiger partial charge in [-0.25, -0.2) is 9.67 Å². The summed E-state index contributed by atoms with van der Waals surface area (Å²) in [5.41, 5.74) is 7.64. The van der Waals surface area contributed by atoms with Crippen molar-refractivity contribution >= 4 is 52.1 Å². The van der Waals surface area contributed by atoms with Crippen LogP contribution in [0, 0.1) is 6.92 Å². The van der Waals surface area contributed by atoms with Gasteiger partial charge in [0.2, 0.25) is 11.0 Å². The molecule has 9 nitrogen and oxygen atoms in total. The molecule has 0 radical (unpaired) electrons. The molecule has 44 heavy (non-hydrogen) atoms. The zero-order chi connectivity index (χ0) is 31.3. The van der Waals surface area contributed by atoms with E-state index < -0.39 is 6.36 Å². The van der Waals surface area contributed by atoms with E-state index in [2.05, 4.69) is 37.3 Å². The first-order chi connectivity index (χ1) is 21.1. The number of hydrazone groups is 1. The maximum atomic E-state index is 12.8. The molecule has 3 aromatic carbocycles. The largest absolute Gasteiger partial charge is 0.573 e. The number of alkyl halides is 3. The lowest BCUT2D eigenvalue weighted by atomic mass is 10.0. The SMILES string of the molecule is CCCc1ccc(C)cc1N1C(=O)CSC1=NC(=S)N/N=C/c1cccc(-c2ncn(-c3ccc(OC(F)(F)F)cc3)n2)c1. The van der Waals surface area contributed by atoms with Crippen LogP contribution in [0.25, 0.3) is 17.1 Å². The van der Waals surface area contributed by atoms with E-state index in [4.69, 9.17) is 12.2 Å². The van der Waals surface area contributed by atoms with Crippen molar-refractivity contribution < 1.29 is 22.7 Å². The first kappa shape index (κ1) is 30.9. The third-order valence-corrected chi connectivity index (χ3v) is 7.41. The minimum Gasteiger partial charge on any atom is -0.406 e. The van der Waals surface area contributed by atoms with Gasteiger partial charge in [0, 0.05) is 5.56 Å². The molecular formula is C30H26F3N7O2S2. The van der Waals surface area contributed by atoms with E-state index in [0.717, 1.165) is 35.2 Å². The van der Waals surface area contributed by atoms with Crippen molar-refractivity contribution in [1.82, 2.24) is 20.2 Å². The van der Waals surface area contributed by atoms with Crippen LogP contribution in [0.15, 0.2) is 83.2 Å². The summed E-state index contributed by atoms with van der Waals surface area (Å²) in [5.74, 6) is 0.308. The number of aromatic nitrogens is 3. The average Bonchev–Trinajstić information content (AvgIpc) is 3.61. The third kappa shape index (κ3) is 7.68. The number of anilines is 1. The minimum atomic E-state index is -4.76. The van der Waals surface area contributed by atoms with E-state index in [1.165, 1.54) is 47.0 Å². The highest BCUT2D eigenvalue weighted by molar-refractivity contribution is 8.15. The number of amides is 1. The molecule has 0 aliphatic carbocycles. The Morgan fingerprint density at radius 1 is 1.16 bits per heavy atom. The van der Waals surface area contributed by atoms with Crippen molar-refractivity contribution in [1.29, 1.82) is 0 Å². The van der Waals surface area contributed by atoms with Gasteiger partial charge in [0.05, 0.1) is 23.3 Å². The quantitative estimate of drug-likeness (QED) is 0.135. The molecule has 0 saturated carbocycles. The van der Waals surface area contributed by atoms with Crippen LogP contribution in [0.5, 0.6) is 5.75 Å². The number of carbonyl (C=O) groups excluding carboxylic acids is 1. The standard InChI is InChI=1S/C30H26F3N7O2S2/c1-3-5-21-9-8-19(2)14-25(21)40-26(41)17-44-29(40)36-28(43)37-35-16-20-6-4-7-22(15-20)27-34-18-39(38-27)23-10-12-24(13-11-23)42-30(31,32)33/h4,6-16,18H,3,5,17H2,1-2H3,(H,37,43)/b35-16+,36-29?. The Bertz CT molecular complexity index is 1740. The number of hydrogen-bond acceptors (Lipinski definition) is 7. The highest BCUT2D eigenvalue weighted by Gasteiger charge is 2.32. The summed E-state index contributed by atoms with van der Waals surface area (Å²) in [6.07, 6.45) is 0.0562. The molecule has 1 amide bonds. The van der Waals surface area contributed by atoms with Crippen LogP contribution in [0.3, 0.4) is 0 Å². The number of nitrogens with zero attached hydrogens (tertiary/aromatic N) is 6. The number of carbonyl (C=O) groups is 1. The van der Waals surface area contributed by atoms with Crippen LogP contribution in [0.4, 0.5) is 18.9 Å². The second-order valence-corrected chi connectivity index (χ2v) is 11.0.